The SMILES string of the molecule is COC1(CNC(=O)CCCC(=O)O)CCOC1. The highest BCUT2D eigenvalue weighted by Crippen LogP contribution is 2.21. The van der Waals surface area contributed by atoms with Gasteiger partial charge in [-0.1, -0.05) is 0 Å². The zero-order valence-corrected chi connectivity index (χ0v) is 10.0. The molecule has 0 spiro atoms. The Bertz CT molecular complexity index is 273. The smallest absolute Gasteiger partial charge is 0.303 e. The molecular weight excluding hydrogens is 226 g/mol. The first-order valence-corrected chi connectivity index (χ1v) is 5.69. The van der Waals surface area contributed by atoms with E-state index in [0.717, 1.165) is 6.42 Å². The van der Waals surface area contributed by atoms with Crippen LogP contribution in [0.25, 0.3) is 0 Å². The molecule has 17 heavy (non-hydrogen) atoms. The van der Waals surface area contributed by atoms with Crippen molar-refractivity contribution in [2.45, 2.75) is 31.3 Å². The molecule has 1 atom stereocenters. The van der Waals surface area contributed by atoms with Crippen molar-refractivity contribution >= 4 is 11.9 Å². The molecule has 6 heteroatoms. The number of amides is 1. The Kier molecular flexibility index (Phi) is 5.37. The fraction of sp³-hybridized carbons (Fsp3) is 0.818. The van der Waals surface area contributed by atoms with Gasteiger partial charge in [-0.15, -0.1) is 0 Å². The number of carbonyl (C=O) groups excluding carboxylic acids is 1. The van der Waals surface area contributed by atoms with E-state index in [2.05, 4.69) is 5.32 Å². The van der Waals surface area contributed by atoms with E-state index in [1.807, 2.05) is 0 Å². The molecule has 0 aliphatic carbocycles. The van der Waals surface area contributed by atoms with Crippen molar-refractivity contribution in [1.29, 1.82) is 0 Å². The molecule has 1 aliphatic rings. The Labute approximate surface area is 100 Å². The predicted molar refractivity (Wildman–Crippen MR) is 59.7 cm³/mol. The number of aliphatic carboxylic acids is 1. The number of hydrogen-bond donors (Lipinski definition) is 2. The summed E-state index contributed by atoms with van der Waals surface area (Å²) >= 11 is 0. The molecule has 1 amide bonds. The van der Waals surface area contributed by atoms with Crippen molar-refractivity contribution in [2.75, 3.05) is 26.9 Å². The number of nitrogens with one attached hydrogen (secondary N) is 1. The molecule has 1 fully saturated rings. The average Bonchev–Trinajstić information content (AvgIpc) is 2.75. The quantitative estimate of drug-likeness (QED) is 0.667. The number of carbonyl (C=O) groups is 2. The molecule has 1 unspecified atom stereocenters. The lowest BCUT2D eigenvalue weighted by Gasteiger charge is -2.25. The molecule has 1 heterocycles. The summed E-state index contributed by atoms with van der Waals surface area (Å²) in [5.41, 5.74) is -0.414. The summed E-state index contributed by atoms with van der Waals surface area (Å²) < 4.78 is 10.6. The van der Waals surface area contributed by atoms with Crippen molar-refractivity contribution in [3.8, 4) is 0 Å². The van der Waals surface area contributed by atoms with Gasteiger partial charge in [0.05, 0.1) is 6.61 Å². The molecular formula is C11H19NO5. The number of rotatable bonds is 7. The van der Waals surface area contributed by atoms with Gasteiger partial charge in [-0.05, 0) is 6.42 Å². The lowest BCUT2D eigenvalue weighted by atomic mass is 10.0. The van der Waals surface area contributed by atoms with Crippen LogP contribution in [0.3, 0.4) is 0 Å². The summed E-state index contributed by atoms with van der Waals surface area (Å²) in [7, 11) is 1.60. The summed E-state index contributed by atoms with van der Waals surface area (Å²) in [4.78, 5) is 21.7. The highest BCUT2D eigenvalue weighted by molar-refractivity contribution is 5.76. The van der Waals surface area contributed by atoms with Gasteiger partial charge in [0.1, 0.15) is 5.60 Å². The van der Waals surface area contributed by atoms with Gasteiger partial charge in [-0.2, -0.15) is 0 Å². The minimum absolute atomic E-state index is 0.0198. The van der Waals surface area contributed by atoms with Crippen LogP contribution in [0.2, 0.25) is 0 Å². The minimum atomic E-state index is -0.879. The molecule has 0 radical (unpaired) electrons. The number of methoxy groups -OCH3 is 1. The van der Waals surface area contributed by atoms with Gasteiger partial charge >= 0.3 is 5.97 Å². The van der Waals surface area contributed by atoms with Crippen LogP contribution in [0.15, 0.2) is 0 Å². The Morgan fingerprint density at radius 3 is 2.76 bits per heavy atom. The first-order chi connectivity index (χ1) is 8.08. The van der Waals surface area contributed by atoms with Crippen molar-refractivity contribution in [3.63, 3.8) is 0 Å². The number of hydrogen-bond acceptors (Lipinski definition) is 4. The maximum atomic E-state index is 11.4. The molecule has 0 bridgehead atoms. The number of carboxylic acid groups (broad SMARTS) is 1. The first kappa shape index (κ1) is 13.9. The zero-order valence-electron chi connectivity index (χ0n) is 10.0. The van der Waals surface area contributed by atoms with Crippen LogP contribution in [0.5, 0.6) is 0 Å². The molecule has 1 rings (SSSR count). The molecule has 98 valence electrons. The maximum Gasteiger partial charge on any atom is 0.303 e. The molecule has 1 saturated heterocycles. The molecule has 0 aromatic heterocycles. The monoisotopic (exact) mass is 245 g/mol. The first-order valence-electron chi connectivity index (χ1n) is 5.69. The normalized spacial score (nSPS) is 23.6. The Morgan fingerprint density at radius 2 is 2.24 bits per heavy atom. The van der Waals surface area contributed by atoms with Gasteiger partial charge in [-0.3, -0.25) is 9.59 Å². The van der Waals surface area contributed by atoms with Gasteiger partial charge in [0, 0.05) is 39.5 Å². The fourth-order valence-corrected chi connectivity index (χ4v) is 1.71. The summed E-state index contributed by atoms with van der Waals surface area (Å²) in [5.74, 6) is -1.02. The largest absolute Gasteiger partial charge is 0.481 e. The van der Waals surface area contributed by atoms with Gasteiger partial charge < -0.3 is 19.9 Å². The highest BCUT2D eigenvalue weighted by atomic mass is 16.5. The van der Waals surface area contributed by atoms with Crippen molar-refractivity contribution < 1.29 is 24.2 Å². The second-order valence-corrected chi connectivity index (χ2v) is 4.21. The van der Waals surface area contributed by atoms with Crippen LogP contribution in [-0.4, -0.2) is 49.5 Å². The molecule has 0 saturated carbocycles. The lowest BCUT2D eigenvalue weighted by Crippen LogP contribution is -2.44. The van der Waals surface area contributed by atoms with Gasteiger partial charge in [0.15, 0.2) is 0 Å². The maximum absolute atomic E-state index is 11.4. The van der Waals surface area contributed by atoms with Crippen molar-refractivity contribution in [3.05, 3.63) is 0 Å². The molecule has 1 aliphatic heterocycles. The third kappa shape index (κ3) is 4.70. The van der Waals surface area contributed by atoms with Crippen LogP contribution in [0.4, 0.5) is 0 Å². The van der Waals surface area contributed by atoms with E-state index in [1.165, 1.54) is 0 Å². The molecule has 2 N–H and O–H groups in total. The van der Waals surface area contributed by atoms with E-state index in [-0.39, 0.29) is 18.7 Å². The summed E-state index contributed by atoms with van der Waals surface area (Å²) in [5, 5.41) is 11.2. The Balaban J connectivity index is 2.20. The van der Waals surface area contributed by atoms with Crippen LogP contribution >= 0.6 is 0 Å². The van der Waals surface area contributed by atoms with Crippen LogP contribution < -0.4 is 5.32 Å². The van der Waals surface area contributed by atoms with Gasteiger partial charge in [0.2, 0.25) is 5.91 Å². The second kappa shape index (κ2) is 6.56. The topological polar surface area (TPSA) is 84.9 Å². The van der Waals surface area contributed by atoms with Crippen LogP contribution in [-0.2, 0) is 19.1 Å². The van der Waals surface area contributed by atoms with E-state index in [1.54, 1.807) is 7.11 Å². The van der Waals surface area contributed by atoms with Gasteiger partial charge in [-0.25, -0.2) is 0 Å². The molecule has 6 nitrogen and oxygen atoms in total. The lowest BCUT2D eigenvalue weighted by molar-refractivity contribution is -0.137. The van der Waals surface area contributed by atoms with E-state index in [4.69, 9.17) is 14.6 Å². The van der Waals surface area contributed by atoms with E-state index in [9.17, 15) is 9.59 Å². The Hall–Kier alpha value is -1.14. The average molecular weight is 245 g/mol. The zero-order chi connectivity index (χ0) is 12.7. The second-order valence-electron chi connectivity index (χ2n) is 4.21. The summed E-state index contributed by atoms with van der Waals surface area (Å²) in [6, 6.07) is 0. The van der Waals surface area contributed by atoms with Crippen LogP contribution in [0.1, 0.15) is 25.7 Å². The Morgan fingerprint density at radius 1 is 1.47 bits per heavy atom. The summed E-state index contributed by atoms with van der Waals surface area (Å²) in [6.07, 6.45) is 1.37. The molecule has 0 aromatic carbocycles. The minimum Gasteiger partial charge on any atom is -0.481 e. The third-order valence-electron chi connectivity index (χ3n) is 2.90. The number of carboxylic acids is 1. The van der Waals surface area contributed by atoms with E-state index >= 15 is 0 Å². The van der Waals surface area contributed by atoms with Crippen LogP contribution in [0, 0.1) is 0 Å². The summed E-state index contributed by atoms with van der Waals surface area (Å²) in [6.45, 7) is 1.54. The van der Waals surface area contributed by atoms with Gasteiger partial charge in [0.25, 0.3) is 0 Å². The van der Waals surface area contributed by atoms with E-state index in [0.29, 0.717) is 26.2 Å². The van der Waals surface area contributed by atoms with Crippen molar-refractivity contribution in [1.82, 2.24) is 5.32 Å². The van der Waals surface area contributed by atoms with Crippen molar-refractivity contribution in [2.24, 2.45) is 0 Å². The standard InChI is InChI=1S/C11H19NO5/c1-16-11(5-6-17-8-11)7-12-9(13)3-2-4-10(14)15/h2-8H2,1H3,(H,12,13)(H,14,15). The third-order valence-corrected chi connectivity index (χ3v) is 2.90. The fourth-order valence-electron chi connectivity index (χ4n) is 1.71. The van der Waals surface area contributed by atoms with E-state index < -0.39 is 11.6 Å². The predicted octanol–water partition coefficient (Wildman–Crippen LogP) is 0.163. The molecule has 0 aromatic rings. The highest BCUT2D eigenvalue weighted by Gasteiger charge is 2.35. The number of ether oxygens (including phenoxy) is 2.